The molecule has 0 amide bonds. The molecule has 0 aliphatic rings. The van der Waals surface area contributed by atoms with Crippen molar-refractivity contribution in [2.45, 2.75) is 6.54 Å². The van der Waals surface area contributed by atoms with Gasteiger partial charge in [-0.2, -0.15) is 0 Å². The molecular formula is C17H17N3O2. The SMILES string of the molecule is COc1cccc(NC(N)=NCc2cc3ccccc3o2)c1. The molecule has 0 atom stereocenters. The number of para-hydroxylation sites is 1. The van der Waals surface area contributed by atoms with Crippen molar-refractivity contribution in [3.63, 3.8) is 0 Å². The Morgan fingerprint density at radius 3 is 2.86 bits per heavy atom. The van der Waals surface area contributed by atoms with Gasteiger partial charge in [-0.05, 0) is 24.3 Å². The maximum atomic E-state index is 5.90. The van der Waals surface area contributed by atoms with E-state index < -0.39 is 0 Å². The number of nitrogens with zero attached hydrogens (tertiary/aromatic N) is 1. The molecule has 0 spiro atoms. The third-order valence-corrected chi connectivity index (χ3v) is 3.22. The summed E-state index contributed by atoms with van der Waals surface area (Å²) in [6.45, 7) is 0.386. The van der Waals surface area contributed by atoms with E-state index in [0.717, 1.165) is 28.2 Å². The highest BCUT2D eigenvalue weighted by atomic mass is 16.5. The fourth-order valence-corrected chi connectivity index (χ4v) is 2.17. The number of methoxy groups -OCH3 is 1. The summed E-state index contributed by atoms with van der Waals surface area (Å²) in [6.07, 6.45) is 0. The van der Waals surface area contributed by atoms with Crippen molar-refractivity contribution in [2.24, 2.45) is 10.7 Å². The summed E-state index contributed by atoms with van der Waals surface area (Å²) in [5.41, 5.74) is 7.57. The average molecular weight is 295 g/mol. The van der Waals surface area contributed by atoms with Crippen LogP contribution in [0.5, 0.6) is 5.75 Å². The third-order valence-electron chi connectivity index (χ3n) is 3.22. The molecule has 3 rings (SSSR count). The van der Waals surface area contributed by atoms with Gasteiger partial charge in [0.05, 0.1) is 7.11 Å². The van der Waals surface area contributed by atoms with Crippen molar-refractivity contribution < 1.29 is 9.15 Å². The van der Waals surface area contributed by atoms with Gasteiger partial charge in [-0.3, -0.25) is 0 Å². The van der Waals surface area contributed by atoms with Crippen molar-refractivity contribution in [3.8, 4) is 5.75 Å². The Morgan fingerprint density at radius 1 is 1.18 bits per heavy atom. The van der Waals surface area contributed by atoms with Gasteiger partial charge in [0.15, 0.2) is 5.96 Å². The topological polar surface area (TPSA) is 72.8 Å². The number of nitrogens with one attached hydrogen (secondary N) is 1. The molecule has 1 heterocycles. The van der Waals surface area contributed by atoms with Crippen molar-refractivity contribution in [1.82, 2.24) is 0 Å². The third kappa shape index (κ3) is 3.20. The van der Waals surface area contributed by atoms with Gasteiger partial charge in [-0.25, -0.2) is 4.99 Å². The summed E-state index contributed by atoms with van der Waals surface area (Å²) in [5.74, 6) is 1.86. The van der Waals surface area contributed by atoms with E-state index in [0.29, 0.717) is 12.5 Å². The maximum Gasteiger partial charge on any atom is 0.193 e. The Morgan fingerprint density at radius 2 is 2.05 bits per heavy atom. The number of hydrogen-bond donors (Lipinski definition) is 2. The van der Waals surface area contributed by atoms with E-state index in [2.05, 4.69) is 10.3 Å². The first-order valence-electron chi connectivity index (χ1n) is 6.93. The minimum Gasteiger partial charge on any atom is -0.497 e. The number of rotatable bonds is 4. The molecule has 3 aromatic rings. The van der Waals surface area contributed by atoms with Crippen LogP contribution in [0.1, 0.15) is 5.76 Å². The lowest BCUT2D eigenvalue weighted by molar-refractivity contribution is 0.415. The first-order valence-corrected chi connectivity index (χ1v) is 6.93. The Kier molecular flexibility index (Phi) is 3.96. The standard InChI is InChI=1S/C17H17N3O2/c1-21-14-7-4-6-13(10-14)20-17(18)19-11-15-9-12-5-2-3-8-16(12)22-15/h2-10H,11H2,1H3,(H3,18,19,20). The van der Waals surface area contributed by atoms with Crippen LogP contribution < -0.4 is 15.8 Å². The number of ether oxygens (including phenoxy) is 1. The van der Waals surface area contributed by atoms with Gasteiger partial charge >= 0.3 is 0 Å². The van der Waals surface area contributed by atoms with Gasteiger partial charge in [0.25, 0.3) is 0 Å². The van der Waals surface area contributed by atoms with Crippen LogP contribution in [0.2, 0.25) is 0 Å². The molecule has 112 valence electrons. The largest absolute Gasteiger partial charge is 0.497 e. The van der Waals surface area contributed by atoms with Gasteiger partial charge in [0, 0.05) is 17.1 Å². The normalized spacial score (nSPS) is 11.6. The molecule has 0 aliphatic carbocycles. The second-order valence-corrected chi connectivity index (χ2v) is 4.81. The van der Waals surface area contributed by atoms with Gasteiger partial charge in [-0.1, -0.05) is 24.3 Å². The molecule has 0 radical (unpaired) electrons. The summed E-state index contributed by atoms with van der Waals surface area (Å²) >= 11 is 0. The van der Waals surface area contributed by atoms with Crippen LogP contribution in [0.3, 0.4) is 0 Å². The van der Waals surface area contributed by atoms with Crippen molar-refractivity contribution in [2.75, 3.05) is 12.4 Å². The van der Waals surface area contributed by atoms with E-state index in [4.69, 9.17) is 14.9 Å². The van der Waals surface area contributed by atoms with E-state index in [1.54, 1.807) is 7.11 Å². The molecule has 2 aromatic carbocycles. The molecular weight excluding hydrogens is 278 g/mol. The lowest BCUT2D eigenvalue weighted by atomic mass is 10.2. The molecule has 0 aliphatic heterocycles. The molecule has 0 unspecified atom stereocenters. The van der Waals surface area contributed by atoms with Crippen LogP contribution in [0.25, 0.3) is 11.0 Å². The van der Waals surface area contributed by atoms with Crippen molar-refractivity contribution in [3.05, 3.63) is 60.4 Å². The molecule has 0 saturated carbocycles. The molecule has 1 aromatic heterocycles. The zero-order valence-electron chi connectivity index (χ0n) is 12.2. The smallest absolute Gasteiger partial charge is 0.193 e. The average Bonchev–Trinajstić information content (AvgIpc) is 2.96. The van der Waals surface area contributed by atoms with Crippen LogP contribution >= 0.6 is 0 Å². The minimum atomic E-state index is 0.328. The van der Waals surface area contributed by atoms with Gasteiger partial charge in [0.1, 0.15) is 23.6 Å². The molecule has 5 nitrogen and oxygen atoms in total. The van der Waals surface area contributed by atoms with Crippen molar-refractivity contribution >= 4 is 22.6 Å². The number of furan rings is 1. The summed E-state index contributed by atoms with van der Waals surface area (Å²) < 4.78 is 10.9. The molecule has 0 fully saturated rings. The number of nitrogens with two attached hydrogens (primary N) is 1. The number of guanidine groups is 1. The quantitative estimate of drug-likeness (QED) is 0.572. The summed E-state index contributed by atoms with van der Waals surface area (Å²) in [7, 11) is 1.62. The lowest BCUT2D eigenvalue weighted by Gasteiger charge is -2.06. The van der Waals surface area contributed by atoms with Crippen molar-refractivity contribution in [1.29, 1.82) is 0 Å². The number of fused-ring (bicyclic) bond motifs is 1. The fraction of sp³-hybridized carbons (Fsp3) is 0.118. The maximum absolute atomic E-state index is 5.90. The van der Waals surface area contributed by atoms with Gasteiger partial charge < -0.3 is 20.2 Å². The second-order valence-electron chi connectivity index (χ2n) is 4.81. The number of anilines is 1. The molecule has 22 heavy (non-hydrogen) atoms. The summed E-state index contributed by atoms with van der Waals surface area (Å²) in [6, 6.07) is 17.3. The second kappa shape index (κ2) is 6.22. The predicted molar refractivity (Wildman–Crippen MR) is 88.2 cm³/mol. The van der Waals surface area contributed by atoms with E-state index in [9.17, 15) is 0 Å². The number of hydrogen-bond acceptors (Lipinski definition) is 3. The van der Waals surface area contributed by atoms with E-state index in [1.807, 2.05) is 54.6 Å². The Hall–Kier alpha value is -2.95. The number of aliphatic imine (C=N–C) groups is 1. The van der Waals surface area contributed by atoms with Gasteiger partial charge in [-0.15, -0.1) is 0 Å². The van der Waals surface area contributed by atoms with Crippen LogP contribution in [-0.4, -0.2) is 13.1 Å². The summed E-state index contributed by atoms with van der Waals surface area (Å²) in [4.78, 5) is 4.29. The van der Waals surface area contributed by atoms with Gasteiger partial charge in [0.2, 0.25) is 0 Å². The predicted octanol–water partition coefficient (Wildman–Crippen LogP) is 3.37. The summed E-state index contributed by atoms with van der Waals surface area (Å²) in [5, 5.41) is 4.09. The zero-order valence-corrected chi connectivity index (χ0v) is 12.2. The Balaban J connectivity index is 1.68. The minimum absolute atomic E-state index is 0.328. The monoisotopic (exact) mass is 295 g/mol. The molecule has 0 saturated heterocycles. The van der Waals surface area contributed by atoms with Crippen LogP contribution in [0.4, 0.5) is 5.69 Å². The first kappa shape index (κ1) is 14.0. The highest BCUT2D eigenvalue weighted by Crippen LogP contribution is 2.19. The molecule has 5 heteroatoms. The van der Waals surface area contributed by atoms with Crippen LogP contribution in [0, 0.1) is 0 Å². The highest BCUT2D eigenvalue weighted by Gasteiger charge is 2.03. The lowest BCUT2D eigenvalue weighted by Crippen LogP contribution is -2.22. The van der Waals surface area contributed by atoms with E-state index in [1.165, 1.54) is 0 Å². The Bertz CT molecular complexity index is 775. The van der Waals surface area contributed by atoms with Crippen LogP contribution in [0.15, 0.2) is 64.0 Å². The number of benzene rings is 2. The Labute approximate surface area is 128 Å². The van der Waals surface area contributed by atoms with Crippen LogP contribution in [-0.2, 0) is 6.54 Å². The first-order chi connectivity index (χ1) is 10.7. The molecule has 3 N–H and O–H groups in total. The zero-order chi connectivity index (χ0) is 15.4. The fourth-order valence-electron chi connectivity index (χ4n) is 2.17. The van der Waals surface area contributed by atoms with E-state index >= 15 is 0 Å². The highest BCUT2D eigenvalue weighted by molar-refractivity contribution is 5.92. The van der Waals surface area contributed by atoms with E-state index in [-0.39, 0.29) is 0 Å². The molecule has 0 bridgehead atoms.